The SMILES string of the molecule is Cc1ccc2c(c1)N(CCO)C(C)S2. The third kappa shape index (κ3) is 1.62. The number of benzene rings is 1. The van der Waals surface area contributed by atoms with Crippen LogP contribution in [-0.2, 0) is 0 Å². The summed E-state index contributed by atoms with van der Waals surface area (Å²) < 4.78 is 0. The molecule has 1 heterocycles. The van der Waals surface area contributed by atoms with Gasteiger partial charge in [-0.15, -0.1) is 0 Å². The summed E-state index contributed by atoms with van der Waals surface area (Å²) in [5, 5.41) is 9.43. The molecular formula is C11H15NOS. The van der Waals surface area contributed by atoms with E-state index in [2.05, 4.69) is 36.9 Å². The molecule has 0 spiro atoms. The summed E-state index contributed by atoms with van der Waals surface area (Å²) in [4.78, 5) is 3.59. The second-order valence-electron chi connectivity index (χ2n) is 3.61. The molecule has 2 nitrogen and oxygen atoms in total. The van der Waals surface area contributed by atoms with Crippen LogP contribution < -0.4 is 4.90 Å². The van der Waals surface area contributed by atoms with E-state index in [9.17, 15) is 0 Å². The van der Waals surface area contributed by atoms with Gasteiger partial charge >= 0.3 is 0 Å². The molecule has 1 N–H and O–H groups in total. The van der Waals surface area contributed by atoms with Crippen LogP contribution in [0.1, 0.15) is 12.5 Å². The Hall–Kier alpha value is -0.670. The van der Waals surface area contributed by atoms with Crippen LogP contribution in [0, 0.1) is 6.92 Å². The van der Waals surface area contributed by atoms with E-state index in [1.807, 2.05) is 11.8 Å². The fourth-order valence-electron chi connectivity index (χ4n) is 1.80. The minimum Gasteiger partial charge on any atom is -0.395 e. The zero-order valence-corrected chi connectivity index (χ0v) is 9.34. The molecule has 1 aliphatic heterocycles. The van der Waals surface area contributed by atoms with Gasteiger partial charge in [0.2, 0.25) is 0 Å². The standard InChI is InChI=1S/C11H15NOS/c1-8-3-4-11-10(7-8)12(5-6-13)9(2)14-11/h3-4,7,9,13H,5-6H2,1-2H3. The van der Waals surface area contributed by atoms with E-state index in [1.165, 1.54) is 16.1 Å². The lowest BCUT2D eigenvalue weighted by Gasteiger charge is -2.22. The molecule has 0 saturated heterocycles. The first-order valence-electron chi connectivity index (χ1n) is 4.87. The molecule has 0 saturated carbocycles. The highest BCUT2D eigenvalue weighted by Gasteiger charge is 2.25. The molecule has 0 fully saturated rings. The summed E-state index contributed by atoms with van der Waals surface area (Å²) in [6, 6.07) is 6.51. The molecule has 1 aliphatic rings. The number of anilines is 1. The van der Waals surface area contributed by atoms with Crippen molar-refractivity contribution in [3.63, 3.8) is 0 Å². The Balaban J connectivity index is 2.34. The Kier molecular flexibility index (Phi) is 2.70. The van der Waals surface area contributed by atoms with Crippen LogP contribution in [0.25, 0.3) is 0 Å². The Morgan fingerprint density at radius 1 is 1.50 bits per heavy atom. The minimum absolute atomic E-state index is 0.221. The molecule has 1 aromatic carbocycles. The van der Waals surface area contributed by atoms with Crippen molar-refractivity contribution in [3.05, 3.63) is 23.8 Å². The number of β-amino-alcohol motifs (C(OH)–C–C–N with tert-alkyl or cyclic N) is 1. The lowest BCUT2D eigenvalue weighted by atomic mass is 10.2. The van der Waals surface area contributed by atoms with E-state index in [0.29, 0.717) is 5.37 Å². The molecule has 76 valence electrons. The summed E-state index contributed by atoms with van der Waals surface area (Å²) in [5.74, 6) is 0. The topological polar surface area (TPSA) is 23.5 Å². The predicted octanol–water partition coefficient (Wildman–Crippen LogP) is 2.25. The average Bonchev–Trinajstić information content (AvgIpc) is 2.45. The highest BCUT2D eigenvalue weighted by atomic mass is 32.2. The van der Waals surface area contributed by atoms with Crippen LogP contribution in [0.2, 0.25) is 0 Å². The van der Waals surface area contributed by atoms with E-state index in [0.717, 1.165) is 6.54 Å². The molecule has 1 atom stereocenters. The van der Waals surface area contributed by atoms with Crippen LogP contribution in [-0.4, -0.2) is 23.6 Å². The van der Waals surface area contributed by atoms with Gasteiger partial charge in [-0.3, -0.25) is 0 Å². The second kappa shape index (κ2) is 3.83. The van der Waals surface area contributed by atoms with Crippen LogP contribution in [0.5, 0.6) is 0 Å². The molecule has 2 rings (SSSR count). The zero-order valence-electron chi connectivity index (χ0n) is 8.53. The lowest BCUT2D eigenvalue weighted by molar-refractivity contribution is 0.301. The van der Waals surface area contributed by atoms with E-state index in [-0.39, 0.29) is 6.61 Å². The summed E-state index contributed by atoms with van der Waals surface area (Å²) in [7, 11) is 0. The van der Waals surface area contributed by atoms with Crippen molar-refractivity contribution in [1.82, 2.24) is 0 Å². The van der Waals surface area contributed by atoms with Gasteiger partial charge in [-0.05, 0) is 31.5 Å². The van der Waals surface area contributed by atoms with Gasteiger partial charge in [0.1, 0.15) is 0 Å². The maximum Gasteiger partial charge on any atom is 0.0771 e. The van der Waals surface area contributed by atoms with Crippen molar-refractivity contribution >= 4 is 17.4 Å². The van der Waals surface area contributed by atoms with Crippen molar-refractivity contribution in [2.24, 2.45) is 0 Å². The van der Waals surface area contributed by atoms with Crippen molar-refractivity contribution < 1.29 is 5.11 Å². The van der Waals surface area contributed by atoms with Crippen LogP contribution >= 0.6 is 11.8 Å². The summed E-state index contributed by atoms with van der Waals surface area (Å²) >= 11 is 1.86. The minimum atomic E-state index is 0.221. The van der Waals surface area contributed by atoms with E-state index >= 15 is 0 Å². The van der Waals surface area contributed by atoms with Gasteiger partial charge < -0.3 is 10.0 Å². The second-order valence-corrected chi connectivity index (χ2v) is 4.96. The van der Waals surface area contributed by atoms with E-state index in [4.69, 9.17) is 5.11 Å². The van der Waals surface area contributed by atoms with Crippen molar-refractivity contribution in [1.29, 1.82) is 0 Å². The highest BCUT2D eigenvalue weighted by molar-refractivity contribution is 8.00. The molecule has 1 aromatic rings. The average molecular weight is 209 g/mol. The summed E-state index contributed by atoms with van der Waals surface area (Å²) in [6.07, 6.45) is 0. The van der Waals surface area contributed by atoms with Gasteiger partial charge in [0.05, 0.1) is 17.7 Å². The molecule has 1 unspecified atom stereocenters. The molecule has 0 amide bonds. The molecule has 0 aliphatic carbocycles. The molecule has 0 radical (unpaired) electrons. The Morgan fingerprint density at radius 3 is 3.00 bits per heavy atom. The number of thioether (sulfide) groups is 1. The smallest absolute Gasteiger partial charge is 0.0771 e. The number of hydrogen-bond acceptors (Lipinski definition) is 3. The van der Waals surface area contributed by atoms with Crippen molar-refractivity contribution in [2.75, 3.05) is 18.1 Å². The normalized spacial score (nSPS) is 19.9. The number of fused-ring (bicyclic) bond motifs is 1. The molecule has 3 heteroatoms. The predicted molar refractivity (Wildman–Crippen MR) is 60.9 cm³/mol. The van der Waals surface area contributed by atoms with Crippen LogP contribution in [0.4, 0.5) is 5.69 Å². The lowest BCUT2D eigenvalue weighted by Crippen LogP contribution is -2.29. The first kappa shape index (κ1) is 9.87. The van der Waals surface area contributed by atoms with Crippen molar-refractivity contribution in [3.8, 4) is 0 Å². The molecule has 0 bridgehead atoms. The fourth-order valence-corrected chi connectivity index (χ4v) is 2.96. The van der Waals surface area contributed by atoms with Gasteiger partial charge in [-0.1, -0.05) is 17.8 Å². The highest BCUT2D eigenvalue weighted by Crippen LogP contribution is 2.43. The number of hydrogen-bond donors (Lipinski definition) is 1. The first-order chi connectivity index (χ1) is 6.72. The van der Waals surface area contributed by atoms with E-state index < -0.39 is 0 Å². The molecular weight excluding hydrogens is 194 g/mol. The number of aliphatic hydroxyl groups excluding tert-OH is 1. The third-order valence-electron chi connectivity index (χ3n) is 2.50. The van der Waals surface area contributed by atoms with Gasteiger partial charge in [0.25, 0.3) is 0 Å². The summed E-state index contributed by atoms with van der Waals surface area (Å²) in [6.45, 7) is 5.23. The van der Waals surface area contributed by atoms with Gasteiger partial charge in [0.15, 0.2) is 0 Å². The van der Waals surface area contributed by atoms with Gasteiger partial charge in [-0.25, -0.2) is 0 Å². The molecule has 14 heavy (non-hydrogen) atoms. The molecule has 0 aromatic heterocycles. The largest absolute Gasteiger partial charge is 0.395 e. The maximum atomic E-state index is 8.99. The Labute approximate surface area is 88.9 Å². The quantitative estimate of drug-likeness (QED) is 0.808. The van der Waals surface area contributed by atoms with Crippen LogP contribution in [0.3, 0.4) is 0 Å². The summed E-state index contributed by atoms with van der Waals surface area (Å²) in [5.41, 5.74) is 2.55. The van der Waals surface area contributed by atoms with E-state index in [1.54, 1.807) is 0 Å². The van der Waals surface area contributed by atoms with Gasteiger partial charge in [0, 0.05) is 11.4 Å². The van der Waals surface area contributed by atoms with Gasteiger partial charge in [-0.2, -0.15) is 0 Å². The Morgan fingerprint density at radius 2 is 2.29 bits per heavy atom. The number of aryl methyl sites for hydroxylation is 1. The first-order valence-corrected chi connectivity index (χ1v) is 5.75. The number of aliphatic hydroxyl groups is 1. The Bertz CT molecular complexity index is 340. The zero-order chi connectivity index (χ0) is 10.1. The third-order valence-corrected chi connectivity index (χ3v) is 3.70. The number of rotatable bonds is 2. The maximum absolute atomic E-state index is 8.99. The number of nitrogens with zero attached hydrogens (tertiary/aromatic N) is 1. The van der Waals surface area contributed by atoms with Crippen molar-refractivity contribution in [2.45, 2.75) is 24.1 Å². The fraction of sp³-hybridized carbons (Fsp3) is 0.455. The van der Waals surface area contributed by atoms with Crippen LogP contribution in [0.15, 0.2) is 23.1 Å². The monoisotopic (exact) mass is 209 g/mol.